The van der Waals surface area contributed by atoms with E-state index >= 15 is 0 Å². The number of hydrogen-bond donors (Lipinski definition) is 1. The van der Waals surface area contributed by atoms with Gasteiger partial charge in [0.1, 0.15) is 0 Å². The molecule has 116 valence electrons. The topological polar surface area (TPSA) is 32.3 Å². The standard InChI is InChI=1S/C18H28N2O/c1-4-15-5-7-16(8-6-15)13-19-17-9-11-20(12-10-17)18(21)14(2)3/h5-8,14,17,19H,4,9-13H2,1-3H3. The molecule has 1 aromatic carbocycles. The highest BCUT2D eigenvalue weighted by Gasteiger charge is 2.23. The number of amides is 1. The molecular weight excluding hydrogens is 260 g/mol. The molecule has 0 radical (unpaired) electrons. The highest BCUT2D eigenvalue weighted by molar-refractivity contribution is 5.78. The van der Waals surface area contributed by atoms with E-state index in [4.69, 9.17) is 0 Å². The number of rotatable bonds is 5. The lowest BCUT2D eigenvalue weighted by Gasteiger charge is -2.33. The Labute approximate surface area is 128 Å². The fourth-order valence-corrected chi connectivity index (χ4v) is 2.82. The second kappa shape index (κ2) is 7.60. The summed E-state index contributed by atoms with van der Waals surface area (Å²) in [4.78, 5) is 14.0. The van der Waals surface area contributed by atoms with Crippen LogP contribution in [0, 0.1) is 5.92 Å². The number of piperidine rings is 1. The van der Waals surface area contributed by atoms with E-state index in [0.717, 1.165) is 38.9 Å². The quantitative estimate of drug-likeness (QED) is 0.903. The molecule has 3 heteroatoms. The van der Waals surface area contributed by atoms with E-state index in [0.29, 0.717) is 11.9 Å². The van der Waals surface area contributed by atoms with Crippen LogP contribution in [-0.2, 0) is 17.8 Å². The van der Waals surface area contributed by atoms with E-state index in [1.165, 1.54) is 11.1 Å². The maximum Gasteiger partial charge on any atom is 0.225 e. The number of nitrogens with one attached hydrogen (secondary N) is 1. The van der Waals surface area contributed by atoms with Crippen molar-refractivity contribution in [2.45, 2.75) is 52.6 Å². The lowest BCUT2D eigenvalue weighted by molar-refractivity contribution is -0.135. The third-order valence-corrected chi connectivity index (χ3v) is 4.33. The van der Waals surface area contributed by atoms with E-state index in [2.05, 4.69) is 36.5 Å². The zero-order valence-corrected chi connectivity index (χ0v) is 13.6. The predicted molar refractivity (Wildman–Crippen MR) is 87.1 cm³/mol. The molecule has 1 aliphatic heterocycles. The van der Waals surface area contributed by atoms with Gasteiger partial charge in [-0.05, 0) is 30.4 Å². The Bertz CT molecular complexity index is 445. The van der Waals surface area contributed by atoms with Crippen LogP contribution in [0.5, 0.6) is 0 Å². The van der Waals surface area contributed by atoms with Crippen molar-refractivity contribution >= 4 is 5.91 Å². The molecule has 0 atom stereocenters. The summed E-state index contributed by atoms with van der Waals surface area (Å²) < 4.78 is 0. The molecule has 0 aliphatic carbocycles. The summed E-state index contributed by atoms with van der Waals surface area (Å²) >= 11 is 0. The zero-order chi connectivity index (χ0) is 15.2. The summed E-state index contributed by atoms with van der Waals surface area (Å²) in [5.41, 5.74) is 2.73. The summed E-state index contributed by atoms with van der Waals surface area (Å²) in [5, 5.41) is 3.63. The predicted octanol–water partition coefficient (Wildman–Crippen LogP) is 2.99. The van der Waals surface area contributed by atoms with Crippen molar-refractivity contribution in [2.24, 2.45) is 5.92 Å². The van der Waals surface area contributed by atoms with Crippen molar-refractivity contribution in [1.29, 1.82) is 0 Å². The fraction of sp³-hybridized carbons (Fsp3) is 0.611. The van der Waals surface area contributed by atoms with Crippen molar-refractivity contribution in [3.8, 4) is 0 Å². The molecule has 1 fully saturated rings. The Morgan fingerprint density at radius 2 is 1.76 bits per heavy atom. The van der Waals surface area contributed by atoms with Gasteiger partial charge < -0.3 is 10.2 Å². The Hall–Kier alpha value is -1.35. The third kappa shape index (κ3) is 4.57. The number of aryl methyl sites for hydroxylation is 1. The first-order valence-corrected chi connectivity index (χ1v) is 8.20. The number of hydrogen-bond acceptors (Lipinski definition) is 2. The molecule has 2 rings (SSSR count). The SMILES string of the molecule is CCc1ccc(CNC2CCN(C(=O)C(C)C)CC2)cc1. The van der Waals surface area contributed by atoms with Crippen LogP contribution in [0.2, 0.25) is 0 Å². The van der Waals surface area contributed by atoms with Gasteiger partial charge in [0.15, 0.2) is 0 Å². The third-order valence-electron chi connectivity index (χ3n) is 4.33. The molecule has 1 N–H and O–H groups in total. The highest BCUT2D eigenvalue weighted by atomic mass is 16.2. The lowest BCUT2D eigenvalue weighted by atomic mass is 10.0. The molecule has 0 aromatic heterocycles. The van der Waals surface area contributed by atoms with Crippen molar-refractivity contribution in [2.75, 3.05) is 13.1 Å². The van der Waals surface area contributed by atoms with Crippen LogP contribution in [0.4, 0.5) is 0 Å². The second-order valence-corrected chi connectivity index (χ2v) is 6.31. The minimum atomic E-state index is 0.117. The van der Waals surface area contributed by atoms with Gasteiger partial charge in [-0.25, -0.2) is 0 Å². The van der Waals surface area contributed by atoms with Crippen molar-refractivity contribution in [1.82, 2.24) is 10.2 Å². The Morgan fingerprint density at radius 1 is 1.19 bits per heavy atom. The molecule has 21 heavy (non-hydrogen) atoms. The first kappa shape index (κ1) is 16.0. The average molecular weight is 288 g/mol. The largest absolute Gasteiger partial charge is 0.342 e. The van der Waals surface area contributed by atoms with E-state index in [1.807, 2.05) is 18.7 Å². The van der Waals surface area contributed by atoms with Crippen LogP contribution >= 0.6 is 0 Å². The molecule has 0 spiro atoms. The van der Waals surface area contributed by atoms with Gasteiger partial charge in [0, 0.05) is 31.6 Å². The minimum Gasteiger partial charge on any atom is -0.342 e. The van der Waals surface area contributed by atoms with Crippen LogP contribution < -0.4 is 5.32 Å². The molecular formula is C18H28N2O. The molecule has 1 aromatic rings. The van der Waals surface area contributed by atoms with Crippen LogP contribution in [-0.4, -0.2) is 29.9 Å². The van der Waals surface area contributed by atoms with Crippen LogP contribution in [0.1, 0.15) is 44.7 Å². The van der Waals surface area contributed by atoms with Gasteiger partial charge in [-0.1, -0.05) is 45.0 Å². The first-order chi connectivity index (χ1) is 10.1. The van der Waals surface area contributed by atoms with Gasteiger partial charge in [-0.3, -0.25) is 4.79 Å². The van der Waals surface area contributed by atoms with Gasteiger partial charge in [0.05, 0.1) is 0 Å². The average Bonchev–Trinajstić information content (AvgIpc) is 2.53. The molecule has 1 amide bonds. The molecule has 1 aliphatic rings. The van der Waals surface area contributed by atoms with Crippen LogP contribution in [0.25, 0.3) is 0 Å². The summed E-state index contributed by atoms with van der Waals surface area (Å²) in [5.74, 6) is 0.412. The van der Waals surface area contributed by atoms with Gasteiger partial charge >= 0.3 is 0 Å². The summed E-state index contributed by atoms with van der Waals surface area (Å²) in [6, 6.07) is 9.38. The molecule has 1 saturated heterocycles. The Balaban J connectivity index is 1.74. The normalized spacial score (nSPS) is 16.5. The van der Waals surface area contributed by atoms with E-state index < -0.39 is 0 Å². The molecule has 0 unspecified atom stereocenters. The van der Waals surface area contributed by atoms with Crippen LogP contribution in [0.15, 0.2) is 24.3 Å². The number of nitrogens with zero attached hydrogens (tertiary/aromatic N) is 1. The minimum absolute atomic E-state index is 0.117. The molecule has 0 saturated carbocycles. The number of benzene rings is 1. The van der Waals surface area contributed by atoms with Gasteiger partial charge in [-0.15, -0.1) is 0 Å². The first-order valence-electron chi connectivity index (χ1n) is 8.20. The number of carbonyl (C=O) groups excluding carboxylic acids is 1. The maximum absolute atomic E-state index is 11.9. The lowest BCUT2D eigenvalue weighted by Crippen LogP contribution is -2.45. The van der Waals surface area contributed by atoms with Gasteiger partial charge in [-0.2, -0.15) is 0 Å². The monoisotopic (exact) mass is 288 g/mol. The summed E-state index contributed by atoms with van der Waals surface area (Å²) in [6.07, 6.45) is 3.22. The Kier molecular flexibility index (Phi) is 5.80. The Morgan fingerprint density at radius 3 is 2.29 bits per heavy atom. The fourth-order valence-electron chi connectivity index (χ4n) is 2.82. The van der Waals surface area contributed by atoms with Crippen LogP contribution in [0.3, 0.4) is 0 Å². The summed E-state index contributed by atoms with van der Waals surface area (Å²) in [7, 11) is 0. The van der Waals surface area contributed by atoms with E-state index in [-0.39, 0.29) is 5.92 Å². The van der Waals surface area contributed by atoms with Gasteiger partial charge in [0.25, 0.3) is 0 Å². The number of carbonyl (C=O) groups is 1. The van der Waals surface area contributed by atoms with Crippen molar-refractivity contribution < 1.29 is 4.79 Å². The van der Waals surface area contributed by atoms with E-state index in [1.54, 1.807) is 0 Å². The molecule has 0 bridgehead atoms. The zero-order valence-electron chi connectivity index (χ0n) is 13.6. The second-order valence-electron chi connectivity index (χ2n) is 6.31. The van der Waals surface area contributed by atoms with Crippen molar-refractivity contribution in [3.05, 3.63) is 35.4 Å². The summed E-state index contributed by atoms with van der Waals surface area (Å²) in [6.45, 7) is 8.85. The van der Waals surface area contributed by atoms with Gasteiger partial charge in [0.2, 0.25) is 5.91 Å². The number of likely N-dealkylation sites (tertiary alicyclic amines) is 1. The highest BCUT2D eigenvalue weighted by Crippen LogP contribution is 2.14. The van der Waals surface area contributed by atoms with E-state index in [9.17, 15) is 4.79 Å². The maximum atomic E-state index is 11.9. The molecule has 3 nitrogen and oxygen atoms in total. The molecule has 1 heterocycles. The smallest absolute Gasteiger partial charge is 0.225 e. The van der Waals surface area contributed by atoms with Crippen molar-refractivity contribution in [3.63, 3.8) is 0 Å².